The molecule has 0 aromatic rings. The van der Waals surface area contributed by atoms with Crippen LogP contribution in [-0.2, 0) is 0 Å². The number of rotatable bonds is 2. The van der Waals surface area contributed by atoms with E-state index in [0.717, 1.165) is 0 Å². The molecule has 1 rings (SSSR count). The smallest absolute Gasteiger partial charge is 0.197 e. The molecule has 72 valence electrons. The van der Waals surface area contributed by atoms with Gasteiger partial charge in [-0.05, 0) is 24.6 Å². The van der Waals surface area contributed by atoms with Crippen molar-refractivity contribution in [2.24, 2.45) is 10.9 Å². The third kappa shape index (κ3) is 2.26. The van der Waals surface area contributed by atoms with Crippen LogP contribution in [-0.4, -0.2) is 10.8 Å². The fraction of sp³-hybridized carbons (Fsp3) is 0.444. The summed E-state index contributed by atoms with van der Waals surface area (Å²) in [5.74, 6) is 0.192. The maximum atomic E-state index is 5.85. The highest BCUT2D eigenvalue weighted by Gasteiger charge is 2.30. The van der Waals surface area contributed by atoms with Crippen LogP contribution in [0.4, 0.5) is 0 Å². The molecule has 0 radical (unpaired) electrons. The Hall–Kier alpha value is -0.470. The van der Waals surface area contributed by atoms with E-state index in [1.54, 1.807) is 0 Å². The minimum atomic E-state index is -0.388. The van der Waals surface area contributed by atoms with E-state index in [1.807, 2.05) is 26.0 Å². The second kappa shape index (κ2) is 3.72. The molecule has 1 aliphatic rings. The maximum absolute atomic E-state index is 5.85. The molecule has 1 N–H and O–H groups in total. The van der Waals surface area contributed by atoms with Crippen molar-refractivity contribution in [3.63, 3.8) is 0 Å². The van der Waals surface area contributed by atoms with Crippen LogP contribution in [0.3, 0.4) is 0 Å². The van der Waals surface area contributed by atoms with Crippen LogP contribution in [0.15, 0.2) is 28.9 Å². The Morgan fingerprint density at radius 1 is 1.69 bits per heavy atom. The number of hydrogen-bond acceptors (Lipinski definition) is 2. The highest BCUT2D eigenvalue weighted by Crippen LogP contribution is 2.29. The summed E-state index contributed by atoms with van der Waals surface area (Å²) >= 11 is 11.6. The third-order valence-corrected chi connectivity index (χ3v) is 2.64. The number of aliphatic imine (C=N–C) groups is 1. The Bertz CT molecular complexity index is 263. The van der Waals surface area contributed by atoms with Crippen LogP contribution in [0.5, 0.6) is 0 Å². The van der Waals surface area contributed by atoms with Gasteiger partial charge in [-0.1, -0.05) is 24.6 Å². The van der Waals surface area contributed by atoms with Gasteiger partial charge in [0.05, 0.1) is 5.54 Å². The zero-order chi connectivity index (χ0) is 10.1. The van der Waals surface area contributed by atoms with E-state index in [9.17, 15) is 0 Å². The fourth-order valence-electron chi connectivity index (χ4n) is 1.13. The molecule has 0 saturated carbocycles. The third-order valence-electron chi connectivity index (χ3n) is 2.26. The Labute approximate surface area is 88.3 Å². The second-order valence-corrected chi connectivity index (χ2v) is 4.04. The average Bonchev–Trinajstić information content (AvgIpc) is 2.00. The van der Waals surface area contributed by atoms with Crippen LogP contribution < -0.4 is 5.32 Å². The number of hydrogen-bond donors (Lipinski definition) is 1. The molecule has 0 amide bonds. The monoisotopic (exact) mass is 218 g/mol. The molecule has 0 aromatic carbocycles. The van der Waals surface area contributed by atoms with Crippen LogP contribution in [0, 0.1) is 5.92 Å². The molecular formula is C9H12Cl2N2. The van der Waals surface area contributed by atoms with Crippen LogP contribution in [0.25, 0.3) is 0 Å². The van der Waals surface area contributed by atoms with Crippen LogP contribution in [0.2, 0.25) is 0 Å². The summed E-state index contributed by atoms with van der Waals surface area (Å²) in [7, 11) is 0. The lowest BCUT2D eigenvalue weighted by atomic mass is 9.87. The Kier molecular flexibility index (Phi) is 3.04. The summed E-state index contributed by atoms with van der Waals surface area (Å²) in [5, 5.41) is 3.55. The lowest BCUT2D eigenvalue weighted by molar-refractivity contribution is 0.457. The molecule has 0 aromatic heterocycles. The van der Waals surface area contributed by atoms with Gasteiger partial charge >= 0.3 is 0 Å². The molecule has 1 heterocycles. The van der Waals surface area contributed by atoms with Crippen molar-refractivity contribution in [1.82, 2.24) is 5.32 Å². The van der Waals surface area contributed by atoms with E-state index in [-0.39, 0.29) is 11.5 Å². The van der Waals surface area contributed by atoms with E-state index in [4.69, 9.17) is 23.2 Å². The first-order chi connectivity index (χ1) is 5.98. The first-order valence-electron chi connectivity index (χ1n) is 4.01. The quantitative estimate of drug-likeness (QED) is 0.560. The summed E-state index contributed by atoms with van der Waals surface area (Å²) < 4.78 is 0. The molecule has 1 aliphatic heterocycles. The molecule has 0 fully saturated rings. The van der Waals surface area contributed by atoms with Gasteiger partial charge < -0.3 is 5.32 Å². The summed E-state index contributed by atoms with van der Waals surface area (Å²) in [4.78, 5) is 4.27. The lowest BCUT2D eigenvalue weighted by Crippen LogP contribution is -2.35. The highest BCUT2D eigenvalue weighted by molar-refractivity contribution is 6.65. The summed E-state index contributed by atoms with van der Waals surface area (Å²) in [6, 6.07) is 0. The van der Waals surface area contributed by atoms with Crippen molar-refractivity contribution < 1.29 is 0 Å². The van der Waals surface area contributed by atoms with Crippen molar-refractivity contribution in [1.29, 1.82) is 0 Å². The van der Waals surface area contributed by atoms with Gasteiger partial charge in [0.2, 0.25) is 0 Å². The van der Waals surface area contributed by atoms with Gasteiger partial charge in [-0.15, -0.1) is 6.58 Å². The van der Waals surface area contributed by atoms with Crippen molar-refractivity contribution >= 4 is 28.5 Å². The Morgan fingerprint density at radius 3 is 2.77 bits per heavy atom. The molecule has 2 nitrogen and oxygen atoms in total. The van der Waals surface area contributed by atoms with Gasteiger partial charge in [-0.3, -0.25) is 0 Å². The number of nitrogens with zero attached hydrogens (tertiary/aromatic N) is 1. The summed E-state index contributed by atoms with van der Waals surface area (Å²) in [5.41, 5.74) is -0.388. The molecule has 4 heteroatoms. The number of amidine groups is 1. The highest BCUT2D eigenvalue weighted by atomic mass is 35.5. The summed E-state index contributed by atoms with van der Waals surface area (Å²) in [6.45, 7) is 7.71. The summed E-state index contributed by atoms with van der Waals surface area (Å²) in [6.07, 6.45) is 3.67. The second-order valence-electron chi connectivity index (χ2n) is 3.27. The van der Waals surface area contributed by atoms with Gasteiger partial charge in [0, 0.05) is 5.92 Å². The minimum Gasteiger partial charge on any atom is -0.321 e. The van der Waals surface area contributed by atoms with Crippen molar-refractivity contribution in [2.45, 2.75) is 19.4 Å². The van der Waals surface area contributed by atoms with Crippen molar-refractivity contribution in [3.05, 3.63) is 23.9 Å². The predicted octanol–water partition coefficient (Wildman–Crippen LogP) is 2.85. The fourth-order valence-corrected chi connectivity index (χ4v) is 1.78. The van der Waals surface area contributed by atoms with Gasteiger partial charge in [-0.25, -0.2) is 4.99 Å². The molecule has 2 unspecified atom stereocenters. The average molecular weight is 219 g/mol. The standard InChI is InChI=1S/C9H12Cl2N2/c1-4-6(2)9(3)5-7(10)12-8(11)13-9/h4-6H,1H2,2-3H3,(H,12,13). The Balaban J connectivity index is 3.00. The van der Waals surface area contributed by atoms with Crippen molar-refractivity contribution in [3.8, 4) is 0 Å². The number of halogens is 2. The lowest BCUT2D eigenvalue weighted by Gasteiger charge is -2.30. The molecule has 0 aliphatic carbocycles. The first kappa shape index (κ1) is 10.6. The van der Waals surface area contributed by atoms with E-state index >= 15 is 0 Å². The number of nitrogens with one attached hydrogen (secondary N) is 1. The largest absolute Gasteiger partial charge is 0.321 e. The molecular weight excluding hydrogens is 207 g/mol. The van der Waals surface area contributed by atoms with E-state index in [0.29, 0.717) is 10.5 Å². The van der Waals surface area contributed by atoms with Crippen molar-refractivity contribution in [2.75, 3.05) is 0 Å². The molecule has 0 spiro atoms. The molecule has 0 saturated heterocycles. The van der Waals surface area contributed by atoms with E-state index in [2.05, 4.69) is 16.9 Å². The SMILES string of the molecule is C=CC(C)C1(C)C=C(Cl)NC(Cl)=N1. The van der Waals surface area contributed by atoms with Gasteiger partial charge in [-0.2, -0.15) is 0 Å². The Morgan fingerprint density at radius 2 is 2.31 bits per heavy atom. The normalized spacial score (nSPS) is 29.8. The predicted molar refractivity (Wildman–Crippen MR) is 58.1 cm³/mol. The first-order valence-corrected chi connectivity index (χ1v) is 4.77. The van der Waals surface area contributed by atoms with Crippen LogP contribution >= 0.6 is 23.2 Å². The molecule has 0 bridgehead atoms. The van der Waals surface area contributed by atoms with Gasteiger partial charge in [0.15, 0.2) is 5.29 Å². The van der Waals surface area contributed by atoms with Gasteiger partial charge in [0.1, 0.15) is 5.16 Å². The topological polar surface area (TPSA) is 24.4 Å². The minimum absolute atomic E-state index is 0.192. The molecule has 13 heavy (non-hydrogen) atoms. The van der Waals surface area contributed by atoms with Gasteiger partial charge in [0.25, 0.3) is 0 Å². The van der Waals surface area contributed by atoms with Crippen LogP contribution in [0.1, 0.15) is 13.8 Å². The maximum Gasteiger partial charge on any atom is 0.197 e. The van der Waals surface area contributed by atoms with E-state index < -0.39 is 0 Å². The zero-order valence-electron chi connectivity index (χ0n) is 7.64. The molecule has 2 atom stereocenters. The zero-order valence-corrected chi connectivity index (χ0v) is 9.15. The van der Waals surface area contributed by atoms with E-state index in [1.165, 1.54) is 0 Å².